The SMILES string of the molecule is Cc1ccc(-n2nc(C(=O)NCc3ccc(F)cc3)c(=O)n(Cc3ccccc3Cl)c2=O)cc1. The Kier molecular flexibility index (Phi) is 6.70. The van der Waals surface area contributed by atoms with Crippen molar-refractivity contribution in [2.24, 2.45) is 0 Å². The third kappa shape index (κ3) is 4.97. The zero-order chi connectivity index (χ0) is 24.2. The van der Waals surface area contributed by atoms with E-state index in [9.17, 15) is 18.8 Å². The van der Waals surface area contributed by atoms with Gasteiger partial charge in [-0.15, -0.1) is 0 Å². The molecule has 1 amide bonds. The van der Waals surface area contributed by atoms with Crippen molar-refractivity contribution >= 4 is 17.5 Å². The average Bonchev–Trinajstić information content (AvgIpc) is 2.83. The second kappa shape index (κ2) is 9.84. The predicted molar refractivity (Wildman–Crippen MR) is 127 cm³/mol. The number of carbonyl (C=O) groups excluding carboxylic acids is 1. The molecule has 0 spiro atoms. The Labute approximate surface area is 199 Å². The van der Waals surface area contributed by atoms with Crippen molar-refractivity contribution in [2.75, 3.05) is 0 Å². The first-order valence-corrected chi connectivity index (χ1v) is 10.8. The zero-order valence-electron chi connectivity index (χ0n) is 18.2. The number of nitrogens with one attached hydrogen (secondary N) is 1. The number of aromatic nitrogens is 3. The second-order valence-electron chi connectivity index (χ2n) is 7.67. The number of hydrogen-bond acceptors (Lipinski definition) is 4. The molecule has 0 aliphatic carbocycles. The van der Waals surface area contributed by atoms with E-state index in [4.69, 9.17) is 11.6 Å². The van der Waals surface area contributed by atoms with E-state index in [0.29, 0.717) is 21.8 Å². The summed E-state index contributed by atoms with van der Waals surface area (Å²) in [6, 6.07) is 19.3. The highest BCUT2D eigenvalue weighted by Gasteiger charge is 2.21. The lowest BCUT2D eigenvalue weighted by Crippen LogP contribution is -2.46. The van der Waals surface area contributed by atoms with Gasteiger partial charge in [-0.3, -0.25) is 14.2 Å². The van der Waals surface area contributed by atoms with Crippen LogP contribution < -0.4 is 16.6 Å². The van der Waals surface area contributed by atoms with E-state index < -0.39 is 28.7 Å². The maximum Gasteiger partial charge on any atom is 0.352 e. The van der Waals surface area contributed by atoms with Crippen LogP contribution in [0.2, 0.25) is 5.02 Å². The molecular weight excluding hydrogens is 459 g/mol. The highest BCUT2D eigenvalue weighted by Crippen LogP contribution is 2.15. The van der Waals surface area contributed by atoms with Crippen LogP contribution in [-0.4, -0.2) is 20.3 Å². The molecule has 0 aliphatic heterocycles. The van der Waals surface area contributed by atoms with E-state index >= 15 is 0 Å². The molecule has 0 radical (unpaired) electrons. The fourth-order valence-corrected chi connectivity index (χ4v) is 3.51. The van der Waals surface area contributed by atoms with Crippen molar-refractivity contribution < 1.29 is 9.18 Å². The Hall–Kier alpha value is -4.04. The van der Waals surface area contributed by atoms with Crippen LogP contribution >= 0.6 is 11.6 Å². The van der Waals surface area contributed by atoms with Gasteiger partial charge in [-0.1, -0.05) is 59.6 Å². The smallest absolute Gasteiger partial charge is 0.346 e. The first-order valence-electron chi connectivity index (χ1n) is 10.4. The van der Waals surface area contributed by atoms with Crippen LogP contribution in [0.4, 0.5) is 4.39 Å². The predicted octanol–water partition coefficient (Wildman–Crippen LogP) is 3.47. The summed E-state index contributed by atoms with van der Waals surface area (Å²) in [5.74, 6) is -1.16. The monoisotopic (exact) mass is 478 g/mol. The van der Waals surface area contributed by atoms with Gasteiger partial charge in [-0.2, -0.15) is 9.78 Å². The molecule has 0 fully saturated rings. The Morgan fingerprint density at radius 3 is 2.35 bits per heavy atom. The lowest BCUT2D eigenvalue weighted by atomic mass is 10.2. The van der Waals surface area contributed by atoms with Crippen LogP contribution in [0.3, 0.4) is 0 Å². The third-order valence-corrected chi connectivity index (χ3v) is 5.57. The number of carbonyl (C=O) groups is 1. The molecule has 1 heterocycles. The van der Waals surface area contributed by atoms with E-state index in [0.717, 1.165) is 14.8 Å². The van der Waals surface area contributed by atoms with Gasteiger partial charge < -0.3 is 5.32 Å². The van der Waals surface area contributed by atoms with Crippen LogP contribution in [0.5, 0.6) is 0 Å². The summed E-state index contributed by atoms with van der Waals surface area (Å²) >= 11 is 6.24. The van der Waals surface area contributed by atoms with Crippen LogP contribution in [0.1, 0.15) is 27.2 Å². The highest BCUT2D eigenvalue weighted by atomic mass is 35.5. The molecule has 34 heavy (non-hydrogen) atoms. The maximum atomic E-state index is 13.2. The van der Waals surface area contributed by atoms with Crippen LogP contribution in [-0.2, 0) is 13.1 Å². The molecule has 0 unspecified atom stereocenters. The summed E-state index contributed by atoms with van der Waals surface area (Å²) in [4.78, 5) is 39.3. The van der Waals surface area contributed by atoms with Gasteiger partial charge in [0.1, 0.15) is 5.82 Å². The molecule has 3 aromatic carbocycles. The Morgan fingerprint density at radius 2 is 1.68 bits per heavy atom. The molecule has 1 N–H and O–H groups in total. The van der Waals surface area contributed by atoms with Gasteiger partial charge in [0.25, 0.3) is 11.5 Å². The van der Waals surface area contributed by atoms with Gasteiger partial charge in [-0.25, -0.2) is 9.18 Å². The molecule has 7 nitrogen and oxygen atoms in total. The van der Waals surface area contributed by atoms with Crippen molar-refractivity contribution in [3.8, 4) is 5.69 Å². The Bertz CT molecular complexity index is 1460. The fraction of sp³-hybridized carbons (Fsp3) is 0.120. The Morgan fingerprint density at radius 1 is 1.00 bits per heavy atom. The van der Waals surface area contributed by atoms with Gasteiger partial charge in [0.2, 0.25) is 5.69 Å². The number of halogens is 2. The highest BCUT2D eigenvalue weighted by molar-refractivity contribution is 6.31. The molecule has 0 saturated heterocycles. The summed E-state index contributed by atoms with van der Waals surface area (Å²) < 4.78 is 15.1. The van der Waals surface area contributed by atoms with E-state index in [2.05, 4.69) is 10.4 Å². The van der Waals surface area contributed by atoms with Crippen molar-refractivity contribution in [2.45, 2.75) is 20.0 Å². The maximum absolute atomic E-state index is 13.2. The minimum absolute atomic E-state index is 0.0500. The largest absolute Gasteiger partial charge is 0.352 e. The molecule has 4 rings (SSSR count). The minimum atomic E-state index is -0.843. The third-order valence-electron chi connectivity index (χ3n) is 5.21. The van der Waals surface area contributed by atoms with Crippen LogP contribution in [0.15, 0.2) is 82.4 Å². The molecule has 0 saturated carbocycles. The molecule has 9 heteroatoms. The number of amides is 1. The van der Waals surface area contributed by atoms with E-state index in [-0.39, 0.29) is 13.1 Å². The lowest BCUT2D eigenvalue weighted by molar-refractivity contribution is 0.0941. The van der Waals surface area contributed by atoms with E-state index in [1.165, 1.54) is 24.3 Å². The normalized spacial score (nSPS) is 10.8. The number of benzene rings is 3. The second-order valence-corrected chi connectivity index (χ2v) is 8.08. The van der Waals surface area contributed by atoms with E-state index in [1.54, 1.807) is 48.5 Å². The molecule has 0 aliphatic rings. The quantitative estimate of drug-likeness (QED) is 0.460. The van der Waals surface area contributed by atoms with Gasteiger partial charge in [0, 0.05) is 11.6 Å². The fourth-order valence-electron chi connectivity index (χ4n) is 3.32. The van der Waals surface area contributed by atoms with Crippen LogP contribution in [0, 0.1) is 12.7 Å². The number of hydrogen-bond donors (Lipinski definition) is 1. The summed E-state index contributed by atoms with van der Waals surface area (Å²) in [5.41, 5.74) is 0.554. The summed E-state index contributed by atoms with van der Waals surface area (Å²) in [6.07, 6.45) is 0. The average molecular weight is 479 g/mol. The van der Waals surface area contributed by atoms with Gasteiger partial charge >= 0.3 is 5.69 Å². The molecule has 1 aromatic heterocycles. The lowest BCUT2D eigenvalue weighted by Gasteiger charge is -2.13. The van der Waals surface area contributed by atoms with Gasteiger partial charge in [0.05, 0.1) is 12.2 Å². The first kappa shape index (κ1) is 23.1. The van der Waals surface area contributed by atoms with Crippen molar-refractivity contribution in [3.63, 3.8) is 0 Å². The van der Waals surface area contributed by atoms with Gasteiger partial charge in [-0.05, 0) is 48.4 Å². The topological polar surface area (TPSA) is 86.0 Å². The van der Waals surface area contributed by atoms with Crippen molar-refractivity contribution in [1.82, 2.24) is 19.7 Å². The number of rotatable bonds is 6. The number of nitrogens with zero attached hydrogens (tertiary/aromatic N) is 3. The molecular formula is C25H20ClFN4O3. The van der Waals surface area contributed by atoms with Gasteiger partial charge in [0.15, 0.2) is 0 Å². The standard InChI is InChI=1S/C25H20ClFN4O3/c1-16-6-12-20(13-7-16)31-25(34)30(15-18-4-2-3-5-21(18)26)24(33)22(29-31)23(32)28-14-17-8-10-19(27)11-9-17/h2-13H,14-15H2,1H3,(H,28,32). The molecule has 0 atom stereocenters. The molecule has 0 bridgehead atoms. The number of aryl methyl sites for hydroxylation is 1. The zero-order valence-corrected chi connectivity index (χ0v) is 18.9. The van der Waals surface area contributed by atoms with Crippen molar-refractivity contribution in [1.29, 1.82) is 0 Å². The van der Waals surface area contributed by atoms with Crippen LogP contribution in [0.25, 0.3) is 5.69 Å². The molecule has 4 aromatic rings. The summed E-state index contributed by atoms with van der Waals surface area (Å²) in [7, 11) is 0. The summed E-state index contributed by atoms with van der Waals surface area (Å²) in [5, 5.41) is 7.08. The summed E-state index contributed by atoms with van der Waals surface area (Å²) in [6.45, 7) is 1.81. The van der Waals surface area contributed by atoms with E-state index in [1.807, 2.05) is 6.92 Å². The van der Waals surface area contributed by atoms with Crippen molar-refractivity contribution in [3.05, 3.63) is 127 Å². The first-order chi connectivity index (χ1) is 16.3. The Balaban J connectivity index is 1.77. The minimum Gasteiger partial charge on any atom is -0.346 e. The molecule has 172 valence electrons.